The topological polar surface area (TPSA) is 81.1 Å². The van der Waals surface area contributed by atoms with Crippen molar-refractivity contribution < 1.29 is 31.4 Å². The molecule has 1 N–H and O–H groups in total. The van der Waals surface area contributed by atoms with E-state index in [0.29, 0.717) is 6.54 Å². The Morgan fingerprint density at radius 2 is 2.09 bits per heavy atom. The number of aromatic nitrogens is 3. The number of piperazine rings is 1. The molecule has 32 heavy (non-hydrogen) atoms. The molecule has 1 amide bonds. The van der Waals surface area contributed by atoms with Gasteiger partial charge in [0.1, 0.15) is 23.1 Å². The Balaban J connectivity index is 1.60. The smallest absolute Gasteiger partial charge is 0.353 e. The van der Waals surface area contributed by atoms with Crippen molar-refractivity contribution in [1.82, 2.24) is 24.8 Å². The number of nitrogens with one attached hydrogen (secondary N) is 1. The third kappa shape index (κ3) is 4.04. The summed E-state index contributed by atoms with van der Waals surface area (Å²) in [6.07, 6.45) is -3.54. The van der Waals surface area contributed by atoms with E-state index in [9.17, 15) is 26.7 Å². The average Bonchev–Trinajstić information content (AvgIpc) is 3.30. The summed E-state index contributed by atoms with van der Waals surface area (Å²) >= 11 is 0. The lowest BCUT2D eigenvalue weighted by molar-refractivity contribution is -0.449. The highest BCUT2D eigenvalue weighted by Crippen LogP contribution is 2.29. The van der Waals surface area contributed by atoms with Gasteiger partial charge in [-0.15, -0.1) is 0 Å². The molecule has 1 atom stereocenters. The molecule has 170 valence electrons. The minimum atomic E-state index is -4.40. The van der Waals surface area contributed by atoms with Gasteiger partial charge in [-0.3, -0.25) is 9.69 Å². The molecular formula is C18H18F5N8O+. The highest BCUT2D eigenvalue weighted by Gasteiger charge is 2.45. The molecule has 0 saturated carbocycles. The number of nitrogens with zero attached hydrogens (tertiary/aromatic N) is 7. The summed E-state index contributed by atoms with van der Waals surface area (Å²) in [4.78, 5) is 19.7. The normalized spacial score (nSPS) is 20.2. The summed E-state index contributed by atoms with van der Waals surface area (Å²) in [5.74, 6) is -0.528. The lowest BCUT2D eigenvalue weighted by atomic mass is 10.1. The molecule has 4 rings (SSSR count). The molecule has 0 spiro atoms. The van der Waals surface area contributed by atoms with E-state index in [1.165, 1.54) is 39.8 Å². The zero-order valence-corrected chi connectivity index (χ0v) is 16.7. The third-order valence-electron chi connectivity index (χ3n) is 5.19. The average molecular weight is 457 g/mol. The summed E-state index contributed by atoms with van der Waals surface area (Å²) in [5, 5.41) is 9.85. The van der Waals surface area contributed by atoms with Crippen LogP contribution in [0.5, 0.6) is 0 Å². The van der Waals surface area contributed by atoms with Gasteiger partial charge in [0.05, 0.1) is 6.20 Å². The van der Waals surface area contributed by atoms with E-state index in [0.717, 1.165) is 10.9 Å². The number of fused-ring (bicyclic) bond motifs is 1. The summed E-state index contributed by atoms with van der Waals surface area (Å²) < 4.78 is 68.4. The fraction of sp³-hybridized carbons (Fsp3) is 0.389. The molecule has 0 radical (unpaired) electrons. The van der Waals surface area contributed by atoms with Crippen LogP contribution in [0.25, 0.3) is 5.65 Å². The molecule has 1 unspecified atom stereocenters. The maximum absolute atomic E-state index is 13.3. The van der Waals surface area contributed by atoms with Crippen LogP contribution in [0.3, 0.4) is 0 Å². The van der Waals surface area contributed by atoms with E-state index >= 15 is 0 Å². The number of rotatable bonds is 4. The van der Waals surface area contributed by atoms with E-state index in [4.69, 9.17) is 0 Å². The molecule has 2 aliphatic rings. The molecule has 1 fully saturated rings. The molecule has 9 nitrogen and oxygen atoms in total. The minimum absolute atomic E-state index is 0.0367. The number of likely N-dealkylation sites (N-methyl/N-ethyl adjacent to an activating group) is 1. The van der Waals surface area contributed by atoms with Gasteiger partial charge in [-0.05, 0) is 13.1 Å². The highest BCUT2D eigenvalue weighted by molar-refractivity contribution is 6.09. The fourth-order valence-corrected chi connectivity index (χ4v) is 3.51. The summed E-state index contributed by atoms with van der Waals surface area (Å²) in [6.45, 7) is 3.56. The summed E-state index contributed by atoms with van der Waals surface area (Å²) in [5.41, 5.74) is -0.829. The zero-order chi connectivity index (χ0) is 23.2. The molecule has 0 bridgehead atoms. The summed E-state index contributed by atoms with van der Waals surface area (Å²) in [7, 11) is 1.41. The van der Waals surface area contributed by atoms with Crippen LogP contribution in [0.15, 0.2) is 35.5 Å². The monoisotopic (exact) mass is 457 g/mol. The van der Waals surface area contributed by atoms with Crippen LogP contribution in [0.2, 0.25) is 0 Å². The van der Waals surface area contributed by atoms with Crippen LogP contribution >= 0.6 is 0 Å². The number of amides is 1. The second kappa shape index (κ2) is 7.93. The van der Waals surface area contributed by atoms with E-state index in [1.54, 1.807) is 0 Å². The van der Waals surface area contributed by atoms with Gasteiger partial charge in [0, 0.05) is 30.9 Å². The van der Waals surface area contributed by atoms with Gasteiger partial charge >= 0.3 is 6.18 Å². The van der Waals surface area contributed by atoms with E-state index in [1.807, 2.05) is 0 Å². The number of allylic oxidation sites excluding steroid dienone is 1. The summed E-state index contributed by atoms with van der Waals surface area (Å²) in [6, 6.07) is -0.156. The van der Waals surface area contributed by atoms with Gasteiger partial charge in [0.2, 0.25) is 11.9 Å². The number of anilines is 1. The van der Waals surface area contributed by atoms with Gasteiger partial charge in [-0.25, -0.2) is 18.3 Å². The Bertz CT molecular complexity index is 1140. The Morgan fingerprint density at radius 1 is 1.34 bits per heavy atom. The van der Waals surface area contributed by atoms with Crippen molar-refractivity contribution in [1.29, 1.82) is 0 Å². The number of halogens is 5. The number of hydrazone groups is 1. The molecule has 0 aromatic carbocycles. The molecule has 2 aliphatic heterocycles. The maximum Gasteiger partial charge on any atom is 0.405 e. The Labute approximate surface area is 178 Å². The van der Waals surface area contributed by atoms with Gasteiger partial charge in [0.25, 0.3) is 12.3 Å². The second-order valence-electron chi connectivity index (χ2n) is 7.32. The predicted octanol–water partition coefficient (Wildman–Crippen LogP) is 1.33. The van der Waals surface area contributed by atoms with E-state index < -0.39 is 30.3 Å². The van der Waals surface area contributed by atoms with Crippen LogP contribution < -0.4 is 10.2 Å². The number of carbonyl (C=O) groups excluding carboxylic acids is 1. The lowest BCUT2D eigenvalue weighted by Crippen LogP contribution is -2.57. The quantitative estimate of drug-likeness (QED) is 0.554. The van der Waals surface area contributed by atoms with Gasteiger partial charge in [-0.2, -0.15) is 18.3 Å². The first-order valence-electron chi connectivity index (χ1n) is 9.41. The van der Waals surface area contributed by atoms with Crippen LogP contribution in [-0.4, -0.2) is 87.8 Å². The first kappa shape index (κ1) is 21.8. The van der Waals surface area contributed by atoms with E-state index in [-0.39, 0.29) is 35.8 Å². The third-order valence-corrected chi connectivity index (χ3v) is 5.19. The molecular weight excluding hydrogens is 439 g/mol. The Morgan fingerprint density at radius 3 is 2.78 bits per heavy atom. The number of alkyl halides is 5. The van der Waals surface area contributed by atoms with Crippen LogP contribution in [-0.2, 0) is 0 Å². The van der Waals surface area contributed by atoms with Crippen LogP contribution in [0, 0.1) is 0 Å². The van der Waals surface area contributed by atoms with Gasteiger partial charge in [0.15, 0.2) is 12.4 Å². The van der Waals surface area contributed by atoms with Crippen molar-refractivity contribution in [2.45, 2.75) is 18.6 Å². The van der Waals surface area contributed by atoms with Crippen LogP contribution in [0.1, 0.15) is 10.4 Å². The van der Waals surface area contributed by atoms with Crippen molar-refractivity contribution in [3.8, 4) is 0 Å². The van der Waals surface area contributed by atoms with Gasteiger partial charge in [-0.1, -0.05) is 4.68 Å². The number of hydrogen-bond acceptors (Lipinski definition) is 6. The van der Waals surface area contributed by atoms with Crippen molar-refractivity contribution in [2.75, 3.05) is 31.6 Å². The molecule has 2 aromatic rings. The minimum Gasteiger partial charge on any atom is -0.353 e. The van der Waals surface area contributed by atoms with Crippen molar-refractivity contribution in [3.05, 3.63) is 35.9 Å². The Hall–Kier alpha value is -3.42. The highest BCUT2D eigenvalue weighted by atomic mass is 19.4. The van der Waals surface area contributed by atoms with E-state index in [2.05, 4.69) is 27.2 Å². The predicted molar refractivity (Wildman–Crippen MR) is 104 cm³/mol. The molecule has 1 saturated heterocycles. The SMILES string of the molecule is C=[N+]1C=C(NC(=O)c2cnn3ccc(N4CCN(C)C(C(F)(F)F)C4)nc23)C(C(F)F)=N1. The van der Waals surface area contributed by atoms with Crippen molar-refractivity contribution >= 4 is 29.8 Å². The first-order valence-corrected chi connectivity index (χ1v) is 9.41. The molecule has 14 heteroatoms. The molecule has 0 aliphatic carbocycles. The number of hydrogen-bond donors (Lipinski definition) is 1. The largest absolute Gasteiger partial charge is 0.405 e. The second-order valence-corrected chi connectivity index (χ2v) is 7.32. The van der Waals surface area contributed by atoms with Crippen LogP contribution in [0.4, 0.5) is 27.8 Å². The first-order chi connectivity index (χ1) is 15.0. The van der Waals surface area contributed by atoms with Gasteiger partial charge < -0.3 is 10.2 Å². The van der Waals surface area contributed by atoms with Crippen molar-refractivity contribution in [3.63, 3.8) is 0 Å². The maximum atomic E-state index is 13.3. The molecule has 4 heterocycles. The zero-order valence-electron chi connectivity index (χ0n) is 16.7. The fourth-order valence-electron chi connectivity index (χ4n) is 3.51. The number of carbonyl (C=O) groups is 1. The van der Waals surface area contributed by atoms with Crippen molar-refractivity contribution in [2.24, 2.45) is 5.10 Å². The lowest BCUT2D eigenvalue weighted by Gasteiger charge is -2.40. The standard InChI is InChI=1S/C18H17F5N8O/c1-28-5-6-30(9-12(28)18(21,22)23)13-3-4-31-16(26-13)10(7-24-31)17(32)25-11-8-29(2)27-14(11)15(19)20/h3-4,7-8,12,15H,2,5-6,9H2,1H3/p+1. The molecule has 2 aromatic heterocycles. The Kier molecular flexibility index (Phi) is 5.40.